The van der Waals surface area contributed by atoms with Crippen molar-refractivity contribution in [2.24, 2.45) is 0 Å². The molecule has 1 aromatic heterocycles. The topological polar surface area (TPSA) is 67.8 Å². The molecule has 0 aliphatic carbocycles. The van der Waals surface area contributed by atoms with Gasteiger partial charge in [-0.2, -0.15) is 0 Å². The SMILES string of the molecule is CCOC(=O)N1CCN(c2cc(Oc3ccc(F)c(F)c3)ncn2)CC1. The fraction of sp³-hybridized carbons (Fsp3) is 0.353. The Morgan fingerprint density at radius 1 is 1.12 bits per heavy atom. The molecule has 0 spiro atoms. The van der Waals surface area contributed by atoms with Crippen LogP contribution in [0.15, 0.2) is 30.6 Å². The Hall–Kier alpha value is -2.97. The van der Waals surface area contributed by atoms with E-state index in [0.717, 1.165) is 12.1 Å². The first-order valence-corrected chi connectivity index (χ1v) is 8.18. The van der Waals surface area contributed by atoms with E-state index >= 15 is 0 Å². The van der Waals surface area contributed by atoms with E-state index in [1.165, 1.54) is 12.4 Å². The summed E-state index contributed by atoms with van der Waals surface area (Å²) in [5.41, 5.74) is 0. The van der Waals surface area contributed by atoms with Gasteiger partial charge in [0.25, 0.3) is 0 Å². The molecular formula is C17H18F2N4O3. The molecule has 138 valence electrons. The van der Waals surface area contributed by atoms with E-state index in [2.05, 4.69) is 9.97 Å². The first kappa shape index (κ1) is 17.8. The Bertz CT molecular complexity index is 782. The van der Waals surface area contributed by atoms with Crippen LogP contribution in [0.5, 0.6) is 11.6 Å². The molecule has 1 aliphatic heterocycles. The smallest absolute Gasteiger partial charge is 0.409 e. The molecule has 0 radical (unpaired) electrons. The van der Waals surface area contributed by atoms with E-state index in [1.54, 1.807) is 17.9 Å². The third kappa shape index (κ3) is 4.16. The van der Waals surface area contributed by atoms with Crippen LogP contribution in [0.2, 0.25) is 0 Å². The lowest BCUT2D eigenvalue weighted by Crippen LogP contribution is -2.49. The Balaban J connectivity index is 1.64. The minimum Gasteiger partial charge on any atom is -0.450 e. The number of rotatable bonds is 4. The lowest BCUT2D eigenvalue weighted by molar-refractivity contribution is 0.105. The summed E-state index contributed by atoms with van der Waals surface area (Å²) in [4.78, 5) is 23.5. The number of halogens is 2. The molecular weight excluding hydrogens is 346 g/mol. The monoisotopic (exact) mass is 364 g/mol. The summed E-state index contributed by atoms with van der Waals surface area (Å²) in [5, 5.41) is 0. The summed E-state index contributed by atoms with van der Waals surface area (Å²) < 4.78 is 36.7. The number of nitrogens with zero attached hydrogens (tertiary/aromatic N) is 4. The van der Waals surface area contributed by atoms with E-state index in [0.29, 0.717) is 38.6 Å². The van der Waals surface area contributed by atoms with Gasteiger partial charge in [-0.15, -0.1) is 0 Å². The summed E-state index contributed by atoms with van der Waals surface area (Å²) in [7, 11) is 0. The van der Waals surface area contributed by atoms with Gasteiger partial charge in [-0.1, -0.05) is 0 Å². The van der Waals surface area contributed by atoms with Gasteiger partial charge in [0.05, 0.1) is 6.61 Å². The molecule has 0 atom stereocenters. The average Bonchev–Trinajstić information content (AvgIpc) is 2.65. The van der Waals surface area contributed by atoms with Gasteiger partial charge in [0.15, 0.2) is 11.6 Å². The minimum absolute atomic E-state index is 0.140. The molecule has 1 aromatic carbocycles. The number of hydrogen-bond donors (Lipinski definition) is 0. The van der Waals surface area contributed by atoms with Crippen LogP contribution in [-0.4, -0.2) is 53.7 Å². The van der Waals surface area contributed by atoms with Gasteiger partial charge >= 0.3 is 6.09 Å². The number of anilines is 1. The van der Waals surface area contributed by atoms with Crippen molar-refractivity contribution in [2.75, 3.05) is 37.7 Å². The first-order valence-electron chi connectivity index (χ1n) is 8.18. The summed E-state index contributed by atoms with van der Waals surface area (Å²) >= 11 is 0. The van der Waals surface area contributed by atoms with Gasteiger partial charge in [0.1, 0.15) is 17.9 Å². The van der Waals surface area contributed by atoms with Gasteiger partial charge in [-0.25, -0.2) is 23.5 Å². The van der Waals surface area contributed by atoms with Crippen LogP contribution < -0.4 is 9.64 Å². The Morgan fingerprint density at radius 2 is 1.88 bits per heavy atom. The summed E-state index contributed by atoms with van der Waals surface area (Å²) in [6, 6.07) is 4.87. The van der Waals surface area contributed by atoms with E-state index < -0.39 is 11.6 Å². The zero-order chi connectivity index (χ0) is 18.5. The van der Waals surface area contributed by atoms with Crippen molar-refractivity contribution < 1.29 is 23.0 Å². The maximum atomic E-state index is 13.3. The van der Waals surface area contributed by atoms with Gasteiger partial charge in [-0.05, 0) is 19.1 Å². The number of hydrogen-bond acceptors (Lipinski definition) is 6. The fourth-order valence-electron chi connectivity index (χ4n) is 2.55. The molecule has 1 fully saturated rings. The van der Waals surface area contributed by atoms with Crippen LogP contribution in [0.1, 0.15) is 6.92 Å². The number of amides is 1. The summed E-state index contributed by atoms with van der Waals surface area (Å²) in [5.74, 6) is -0.956. The van der Waals surface area contributed by atoms with Crippen molar-refractivity contribution >= 4 is 11.9 Å². The lowest BCUT2D eigenvalue weighted by atomic mass is 10.3. The van der Waals surface area contributed by atoms with E-state index in [1.807, 2.05) is 4.90 Å². The number of piperazine rings is 1. The number of carbonyl (C=O) groups is 1. The lowest BCUT2D eigenvalue weighted by Gasteiger charge is -2.34. The second-order valence-electron chi connectivity index (χ2n) is 5.57. The van der Waals surface area contributed by atoms with Crippen molar-refractivity contribution in [3.8, 4) is 11.6 Å². The molecule has 2 aromatic rings. The highest BCUT2D eigenvalue weighted by atomic mass is 19.2. The normalized spacial score (nSPS) is 14.3. The Kier molecular flexibility index (Phi) is 5.45. The quantitative estimate of drug-likeness (QED) is 0.831. The van der Waals surface area contributed by atoms with E-state index in [4.69, 9.17) is 9.47 Å². The number of aromatic nitrogens is 2. The second kappa shape index (κ2) is 7.94. The second-order valence-corrected chi connectivity index (χ2v) is 5.57. The third-order valence-corrected chi connectivity index (χ3v) is 3.87. The van der Waals surface area contributed by atoms with Crippen LogP contribution in [0, 0.1) is 11.6 Å². The predicted octanol–water partition coefficient (Wildman–Crippen LogP) is 2.83. The summed E-state index contributed by atoms with van der Waals surface area (Å²) in [6.45, 7) is 4.31. The highest BCUT2D eigenvalue weighted by molar-refractivity contribution is 5.68. The molecule has 0 N–H and O–H groups in total. The first-order chi connectivity index (χ1) is 12.6. The van der Waals surface area contributed by atoms with Gasteiger partial charge in [-0.3, -0.25) is 0 Å². The maximum absolute atomic E-state index is 13.3. The zero-order valence-corrected chi connectivity index (χ0v) is 14.2. The molecule has 1 amide bonds. The van der Waals surface area contributed by atoms with Crippen molar-refractivity contribution in [3.05, 3.63) is 42.2 Å². The molecule has 26 heavy (non-hydrogen) atoms. The highest BCUT2D eigenvalue weighted by Crippen LogP contribution is 2.24. The Morgan fingerprint density at radius 3 is 2.58 bits per heavy atom. The maximum Gasteiger partial charge on any atom is 0.409 e. The average molecular weight is 364 g/mol. The molecule has 7 nitrogen and oxygen atoms in total. The van der Waals surface area contributed by atoms with Crippen LogP contribution in [0.3, 0.4) is 0 Å². The van der Waals surface area contributed by atoms with Crippen molar-refractivity contribution in [2.45, 2.75) is 6.92 Å². The molecule has 0 unspecified atom stereocenters. The van der Waals surface area contributed by atoms with E-state index in [-0.39, 0.29) is 17.7 Å². The highest BCUT2D eigenvalue weighted by Gasteiger charge is 2.23. The molecule has 1 saturated heterocycles. The minimum atomic E-state index is -0.994. The van der Waals surface area contributed by atoms with Crippen LogP contribution in [0.25, 0.3) is 0 Å². The largest absolute Gasteiger partial charge is 0.450 e. The number of ether oxygens (including phenoxy) is 2. The van der Waals surface area contributed by atoms with Gasteiger partial charge < -0.3 is 19.3 Å². The standard InChI is InChI=1S/C17H18F2N4O3/c1-2-25-17(24)23-7-5-22(6-8-23)15-10-16(21-11-20-15)26-12-3-4-13(18)14(19)9-12/h3-4,9-11H,2,5-8H2,1H3. The molecule has 3 rings (SSSR count). The summed E-state index contributed by atoms with van der Waals surface area (Å²) in [6.07, 6.45) is 1.01. The van der Waals surface area contributed by atoms with E-state index in [9.17, 15) is 13.6 Å². The predicted molar refractivity (Wildman–Crippen MR) is 89.3 cm³/mol. The molecule has 2 heterocycles. The zero-order valence-electron chi connectivity index (χ0n) is 14.2. The Labute approximate surface area is 149 Å². The van der Waals surface area contributed by atoms with Crippen molar-refractivity contribution in [1.82, 2.24) is 14.9 Å². The fourth-order valence-corrected chi connectivity index (χ4v) is 2.55. The van der Waals surface area contributed by atoms with Gasteiger partial charge in [0.2, 0.25) is 5.88 Å². The van der Waals surface area contributed by atoms with Crippen molar-refractivity contribution in [1.29, 1.82) is 0 Å². The van der Waals surface area contributed by atoms with Crippen LogP contribution in [0.4, 0.5) is 19.4 Å². The molecule has 0 bridgehead atoms. The van der Waals surface area contributed by atoms with Gasteiger partial charge in [0, 0.05) is 38.3 Å². The third-order valence-electron chi connectivity index (χ3n) is 3.87. The van der Waals surface area contributed by atoms with Crippen LogP contribution >= 0.6 is 0 Å². The molecule has 9 heteroatoms. The molecule has 1 aliphatic rings. The number of carbonyl (C=O) groups excluding carboxylic acids is 1. The van der Waals surface area contributed by atoms with Crippen LogP contribution in [-0.2, 0) is 4.74 Å². The molecule has 0 saturated carbocycles. The van der Waals surface area contributed by atoms with Crippen molar-refractivity contribution in [3.63, 3.8) is 0 Å². The number of benzene rings is 1.